The number of hydrogen-bond acceptors (Lipinski definition) is 2. The molecule has 94 valence electrons. The molecule has 1 N–H and O–H groups in total. The van der Waals surface area contributed by atoms with E-state index in [0.29, 0.717) is 10.6 Å². The van der Waals surface area contributed by atoms with Gasteiger partial charge in [-0.05, 0) is 36.4 Å². The van der Waals surface area contributed by atoms with E-state index in [4.69, 9.17) is 0 Å². The van der Waals surface area contributed by atoms with Gasteiger partial charge in [0, 0.05) is 30.4 Å². The Morgan fingerprint density at radius 1 is 0.889 bits per heavy atom. The molecule has 0 heterocycles. The molecule has 0 aliphatic carbocycles. The molecule has 1 atom stereocenters. The lowest BCUT2D eigenvalue weighted by molar-refractivity contribution is 0.501. The van der Waals surface area contributed by atoms with E-state index in [1.165, 1.54) is 0 Å². The fourth-order valence-corrected chi connectivity index (χ4v) is 3.16. The molecule has 0 aliphatic rings. The average molecular weight is 261 g/mol. The molecule has 0 amide bonds. The van der Waals surface area contributed by atoms with Gasteiger partial charge in [0.25, 0.3) is 7.37 Å². The van der Waals surface area contributed by atoms with Crippen LogP contribution in [0.15, 0.2) is 54.6 Å². The summed E-state index contributed by atoms with van der Waals surface area (Å²) in [5.74, 6) is 0. The fourth-order valence-electron chi connectivity index (χ4n) is 1.73. The highest BCUT2D eigenvalue weighted by Gasteiger charge is 2.23. The molecule has 2 aromatic rings. The van der Waals surface area contributed by atoms with Gasteiger partial charge in [-0.25, -0.2) is 0 Å². The molecule has 2 rings (SSSR count). The minimum Gasteiger partial charge on any atom is -0.378 e. The molecule has 0 fully saturated rings. The molecular formula is C14H16NO2P. The van der Waals surface area contributed by atoms with Gasteiger partial charge in [0.2, 0.25) is 0 Å². The lowest BCUT2D eigenvalue weighted by Gasteiger charge is -2.15. The van der Waals surface area contributed by atoms with Crippen molar-refractivity contribution in [1.29, 1.82) is 0 Å². The maximum Gasteiger partial charge on any atom is 0.258 e. The smallest absolute Gasteiger partial charge is 0.258 e. The van der Waals surface area contributed by atoms with Crippen LogP contribution in [0, 0.1) is 0 Å². The van der Waals surface area contributed by atoms with Crippen LogP contribution in [0.25, 0.3) is 0 Å². The minimum atomic E-state index is -3.47. The molecule has 3 nitrogen and oxygen atoms in total. The third-order valence-electron chi connectivity index (χ3n) is 2.82. The summed E-state index contributed by atoms with van der Waals surface area (Å²) in [4.78, 5) is 12.2. The highest BCUT2D eigenvalue weighted by molar-refractivity contribution is 7.73. The van der Waals surface area contributed by atoms with Crippen LogP contribution >= 0.6 is 7.37 Å². The van der Waals surface area contributed by atoms with E-state index in [-0.39, 0.29) is 0 Å². The topological polar surface area (TPSA) is 40.5 Å². The summed E-state index contributed by atoms with van der Waals surface area (Å²) in [6, 6.07) is 15.9. The number of hydrogen-bond donors (Lipinski definition) is 1. The van der Waals surface area contributed by atoms with E-state index in [0.717, 1.165) is 5.69 Å². The molecule has 0 bridgehead atoms. The summed E-state index contributed by atoms with van der Waals surface area (Å²) in [7, 11) is 0.405. The molecule has 4 heteroatoms. The number of benzene rings is 2. The van der Waals surface area contributed by atoms with Gasteiger partial charge in [0.1, 0.15) is 0 Å². The van der Waals surface area contributed by atoms with Crippen molar-refractivity contribution in [3.8, 4) is 0 Å². The summed E-state index contributed by atoms with van der Waals surface area (Å²) in [6.07, 6.45) is 0. The molecular weight excluding hydrogens is 245 g/mol. The van der Waals surface area contributed by atoms with Crippen molar-refractivity contribution < 1.29 is 9.46 Å². The first-order chi connectivity index (χ1) is 8.51. The minimum absolute atomic E-state index is 0.458. The Balaban J connectivity index is 2.39. The lowest BCUT2D eigenvalue weighted by Crippen LogP contribution is -2.16. The highest BCUT2D eigenvalue weighted by Crippen LogP contribution is 2.38. The van der Waals surface area contributed by atoms with Gasteiger partial charge in [-0.15, -0.1) is 0 Å². The third kappa shape index (κ3) is 2.47. The van der Waals surface area contributed by atoms with Crippen LogP contribution in [0.4, 0.5) is 5.69 Å². The van der Waals surface area contributed by atoms with E-state index >= 15 is 0 Å². The SMILES string of the molecule is CN(C)c1ccc(P(=O)(O)c2ccccc2)cc1. The summed E-state index contributed by atoms with van der Waals surface area (Å²) in [6.45, 7) is 0. The Labute approximate surface area is 107 Å². The molecule has 1 unspecified atom stereocenters. The Hall–Kier alpha value is -1.57. The predicted octanol–water partition coefficient (Wildman–Crippen LogP) is 1.97. The van der Waals surface area contributed by atoms with E-state index < -0.39 is 7.37 Å². The average Bonchev–Trinajstić information content (AvgIpc) is 2.40. The monoisotopic (exact) mass is 261 g/mol. The van der Waals surface area contributed by atoms with Crippen LogP contribution in [0.3, 0.4) is 0 Å². The van der Waals surface area contributed by atoms with Crippen molar-refractivity contribution in [2.75, 3.05) is 19.0 Å². The van der Waals surface area contributed by atoms with Crippen LogP contribution in [0.2, 0.25) is 0 Å². The van der Waals surface area contributed by atoms with Crippen LogP contribution < -0.4 is 15.5 Å². The Bertz CT molecular complexity index is 564. The third-order valence-corrected chi connectivity index (χ3v) is 4.82. The van der Waals surface area contributed by atoms with Crippen LogP contribution in [0.1, 0.15) is 0 Å². The Morgan fingerprint density at radius 3 is 1.89 bits per heavy atom. The van der Waals surface area contributed by atoms with E-state index in [1.54, 1.807) is 36.4 Å². The van der Waals surface area contributed by atoms with Gasteiger partial charge in [0.05, 0.1) is 0 Å². The summed E-state index contributed by atoms with van der Waals surface area (Å²) in [5.41, 5.74) is 1.01. The maximum absolute atomic E-state index is 12.4. The first-order valence-corrected chi connectivity index (χ1v) is 7.34. The highest BCUT2D eigenvalue weighted by atomic mass is 31.2. The van der Waals surface area contributed by atoms with Gasteiger partial charge in [-0.2, -0.15) is 0 Å². The predicted molar refractivity (Wildman–Crippen MR) is 76.3 cm³/mol. The molecule has 0 aliphatic heterocycles. The number of anilines is 1. The zero-order chi connectivity index (χ0) is 13.2. The summed E-state index contributed by atoms with van der Waals surface area (Å²) in [5, 5.41) is 0.918. The zero-order valence-corrected chi connectivity index (χ0v) is 11.3. The Morgan fingerprint density at radius 2 is 1.39 bits per heavy atom. The van der Waals surface area contributed by atoms with Gasteiger partial charge < -0.3 is 9.79 Å². The molecule has 0 radical (unpaired) electrons. The van der Waals surface area contributed by atoms with Gasteiger partial charge in [-0.3, -0.25) is 4.57 Å². The summed E-state index contributed by atoms with van der Waals surface area (Å²) < 4.78 is 12.4. The molecule has 0 aromatic heterocycles. The second-order valence-corrected chi connectivity index (χ2v) is 6.51. The van der Waals surface area contributed by atoms with Gasteiger partial charge >= 0.3 is 0 Å². The molecule has 0 spiro atoms. The van der Waals surface area contributed by atoms with Crippen molar-refractivity contribution >= 4 is 23.7 Å². The van der Waals surface area contributed by atoms with Crippen molar-refractivity contribution in [3.05, 3.63) is 54.6 Å². The normalized spacial score (nSPS) is 13.9. The van der Waals surface area contributed by atoms with Crippen molar-refractivity contribution in [2.45, 2.75) is 0 Å². The molecule has 0 saturated heterocycles. The second-order valence-electron chi connectivity index (χ2n) is 4.32. The quantitative estimate of drug-likeness (QED) is 0.859. The first-order valence-electron chi connectivity index (χ1n) is 5.68. The molecule has 18 heavy (non-hydrogen) atoms. The first kappa shape index (κ1) is 12.9. The number of rotatable bonds is 3. The van der Waals surface area contributed by atoms with Crippen molar-refractivity contribution in [1.82, 2.24) is 0 Å². The second kappa shape index (κ2) is 4.97. The van der Waals surface area contributed by atoms with Gasteiger partial charge in [0.15, 0.2) is 0 Å². The standard InChI is InChI=1S/C14H16NO2P/c1-15(2)12-8-10-14(11-9-12)18(16,17)13-6-4-3-5-7-13/h3-11H,1-2H3,(H,16,17). The van der Waals surface area contributed by atoms with Crippen LogP contribution in [-0.4, -0.2) is 19.0 Å². The van der Waals surface area contributed by atoms with E-state index in [9.17, 15) is 9.46 Å². The molecule has 2 aromatic carbocycles. The lowest BCUT2D eigenvalue weighted by atomic mass is 10.3. The van der Waals surface area contributed by atoms with Gasteiger partial charge in [-0.1, -0.05) is 18.2 Å². The largest absolute Gasteiger partial charge is 0.378 e. The Kier molecular flexibility index (Phi) is 3.55. The van der Waals surface area contributed by atoms with Crippen molar-refractivity contribution in [3.63, 3.8) is 0 Å². The number of nitrogens with zero attached hydrogens (tertiary/aromatic N) is 1. The zero-order valence-electron chi connectivity index (χ0n) is 10.4. The maximum atomic E-state index is 12.4. The van der Waals surface area contributed by atoms with E-state index in [2.05, 4.69) is 0 Å². The molecule has 0 saturated carbocycles. The van der Waals surface area contributed by atoms with Crippen LogP contribution in [0.5, 0.6) is 0 Å². The van der Waals surface area contributed by atoms with Crippen LogP contribution in [-0.2, 0) is 4.57 Å². The van der Waals surface area contributed by atoms with E-state index in [1.807, 2.05) is 37.2 Å². The fraction of sp³-hybridized carbons (Fsp3) is 0.143. The van der Waals surface area contributed by atoms with Crippen molar-refractivity contribution in [2.24, 2.45) is 0 Å². The summed E-state index contributed by atoms with van der Waals surface area (Å²) >= 11 is 0.